The molecular weight excluding hydrogens is 280 g/mol. The first kappa shape index (κ1) is 16.0. The van der Waals surface area contributed by atoms with Crippen LogP contribution in [0.25, 0.3) is 0 Å². The molecule has 0 spiro atoms. The molecule has 3 nitrogen and oxygen atoms in total. The molecule has 2 rings (SSSR count). The van der Waals surface area contributed by atoms with Gasteiger partial charge in [-0.25, -0.2) is 4.98 Å². The van der Waals surface area contributed by atoms with E-state index in [0.29, 0.717) is 6.61 Å². The molecule has 1 N–H and O–H groups in total. The van der Waals surface area contributed by atoms with Crippen molar-refractivity contribution >= 4 is 11.3 Å². The van der Waals surface area contributed by atoms with Gasteiger partial charge in [-0.3, -0.25) is 0 Å². The molecule has 0 aliphatic carbocycles. The van der Waals surface area contributed by atoms with Gasteiger partial charge in [0.2, 0.25) is 0 Å². The molecule has 0 saturated carbocycles. The van der Waals surface area contributed by atoms with Crippen LogP contribution in [0.4, 0.5) is 0 Å². The number of rotatable bonds is 9. The smallest absolute Gasteiger partial charge is 0.119 e. The minimum atomic E-state index is 0.680. The van der Waals surface area contributed by atoms with Crippen LogP contribution in [0.5, 0.6) is 5.75 Å². The van der Waals surface area contributed by atoms with Crippen molar-refractivity contribution in [2.75, 3.05) is 13.2 Å². The lowest BCUT2D eigenvalue weighted by Crippen LogP contribution is -2.14. The summed E-state index contributed by atoms with van der Waals surface area (Å²) in [7, 11) is 0. The second kappa shape index (κ2) is 8.80. The van der Waals surface area contributed by atoms with E-state index in [1.54, 1.807) is 11.3 Å². The van der Waals surface area contributed by atoms with E-state index in [-0.39, 0.29) is 0 Å². The maximum absolute atomic E-state index is 5.76. The fourth-order valence-corrected chi connectivity index (χ4v) is 2.80. The van der Waals surface area contributed by atoms with Crippen LogP contribution in [-0.4, -0.2) is 18.1 Å². The summed E-state index contributed by atoms with van der Waals surface area (Å²) in [4.78, 5) is 4.63. The Balaban J connectivity index is 1.70. The average Bonchev–Trinajstić information content (AvgIpc) is 2.92. The molecule has 0 unspecified atom stereocenters. The number of nitrogens with one attached hydrogen (secondary N) is 1. The minimum absolute atomic E-state index is 0.680. The number of hydrogen-bond donors (Lipinski definition) is 1. The van der Waals surface area contributed by atoms with E-state index >= 15 is 0 Å². The molecule has 4 heteroatoms. The molecule has 0 fully saturated rings. The van der Waals surface area contributed by atoms with Crippen molar-refractivity contribution in [3.8, 4) is 5.75 Å². The molecule has 0 radical (unpaired) electrons. The maximum atomic E-state index is 5.76. The Hall–Kier alpha value is -1.39. The Bertz CT molecular complexity index is 539. The van der Waals surface area contributed by atoms with Crippen molar-refractivity contribution in [1.82, 2.24) is 10.3 Å². The highest BCUT2D eigenvalue weighted by Crippen LogP contribution is 2.14. The summed E-state index contributed by atoms with van der Waals surface area (Å²) in [5, 5.41) is 6.70. The van der Waals surface area contributed by atoms with E-state index in [1.807, 2.05) is 12.1 Å². The summed E-state index contributed by atoms with van der Waals surface area (Å²) >= 11 is 1.72. The Morgan fingerprint density at radius 1 is 1.33 bits per heavy atom. The van der Waals surface area contributed by atoms with Gasteiger partial charge in [-0.2, -0.15) is 0 Å². The molecular formula is C17H24N2OS. The highest BCUT2D eigenvalue weighted by molar-refractivity contribution is 7.09. The van der Waals surface area contributed by atoms with Gasteiger partial charge in [-0.1, -0.05) is 25.5 Å². The van der Waals surface area contributed by atoms with Crippen LogP contribution in [0.1, 0.15) is 36.0 Å². The summed E-state index contributed by atoms with van der Waals surface area (Å²) in [6, 6.07) is 8.16. The first-order chi connectivity index (χ1) is 10.3. The van der Waals surface area contributed by atoms with E-state index in [0.717, 1.165) is 36.0 Å². The predicted octanol–water partition coefficient (Wildman–Crippen LogP) is 3.96. The van der Waals surface area contributed by atoms with Crippen LogP contribution < -0.4 is 10.1 Å². The van der Waals surface area contributed by atoms with Gasteiger partial charge in [0.1, 0.15) is 5.75 Å². The van der Waals surface area contributed by atoms with E-state index in [2.05, 4.69) is 41.7 Å². The fraction of sp³-hybridized carbons (Fsp3) is 0.471. The number of aryl methyl sites for hydroxylation is 1. The molecule has 0 aliphatic rings. The third-order valence-corrected chi connectivity index (χ3v) is 4.14. The van der Waals surface area contributed by atoms with Gasteiger partial charge in [0.15, 0.2) is 0 Å². The Morgan fingerprint density at radius 2 is 2.24 bits per heavy atom. The van der Waals surface area contributed by atoms with Gasteiger partial charge >= 0.3 is 0 Å². The fourth-order valence-electron chi connectivity index (χ4n) is 2.02. The van der Waals surface area contributed by atoms with Gasteiger partial charge in [-0.05, 0) is 37.6 Å². The van der Waals surface area contributed by atoms with Crippen LogP contribution in [-0.2, 0) is 13.0 Å². The van der Waals surface area contributed by atoms with Gasteiger partial charge in [0.05, 0.1) is 17.3 Å². The van der Waals surface area contributed by atoms with Gasteiger partial charge in [0.25, 0.3) is 0 Å². The Labute approximate surface area is 131 Å². The molecule has 0 aliphatic heterocycles. The number of hydrogen-bond acceptors (Lipinski definition) is 4. The van der Waals surface area contributed by atoms with Crippen molar-refractivity contribution in [3.63, 3.8) is 0 Å². The number of benzene rings is 1. The summed E-state index contributed by atoms with van der Waals surface area (Å²) in [6.45, 7) is 6.90. The predicted molar refractivity (Wildman–Crippen MR) is 89.1 cm³/mol. The molecule has 0 atom stereocenters. The first-order valence-corrected chi connectivity index (χ1v) is 8.49. The van der Waals surface area contributed by atoms with E-state index in [4.69, 9.17) is 4.74 Å². The molecule has 114 valence electrons. The van der Waals surface area contributed by atoms with E-state index in [9.17, 15) is 0 Å². The van der Waals surface area contributed by atoms with Crippen molar-refractivity contribution in [2.45, 2.75) is 39.7 Å². The van der Waals surface area contributed by atoms with Crippen LogP contribution in [0.3, 0.4) is 0 Å². The number of aromatic nitrogens is 1. The Morgan fingerprint density at radius 3 is 3.05 bits per heavy atom. The second-order valence-corrected chi connectivity index (χ2v) is 6.12. The molecule has 21 heavy (non-hydrogen) atoms. The third-order valence-electron chi connectivity index (χ3n) is 3.19. The lowest BCUT2D eigenvalue weighted by Gasteiger charge is -2.05. The zero-order chi connectivity index (χ0) is 14.9. The van der Waals surface area contributed by atoms with Crippen molar-refractivity contribution in [2.24, 2.45) is 0 Å². The van der Waals surface area contributed by atoms with Gasteiger partial charge in [-0.15, -0.1) is 11.3 Å². The average molecular weight is 304 g/mol. The normalized spacial score (nSPS) is 10.8. The number of thiazole rings is 1. The van der Waals surface area contributed by atoms with E-state index < -0.39 is 0 Å². The van der Waals surface area contributed by atoms with Crippen LogP contribution >= 0.6 is 11.3 Å². The minimum Gasteiger partial charge on any atom is -0.493 e. The number of nitrogens with zero attached hydrogens (tertiary/aromatic N) is 1. The molecule has 1 aromatic heterocycles. The highest BCUT2D eigenvalue weighted by atomic mass is 32.1. The largest absolute Gasteiger partial charge is 0.493 e. The van der Waals surface area contributed by atoms with Crippen molar-refractivity contribution < 1.29 is 4.74 Å². The lowest BCUT2D eigenvalue weighted by molar-refractivity contribution is 0.321. The van der Waals surface area contributed by atoms with Gasteiger partial charge in [0, 0.05) is 18.3 Å². The molecule has 2 aromatic rings. The summed E-state index contributed by atoms with van der Waals surface area (Å²) in [5.41, 5.74) is 2.36. The quantitative estimate of drug-likeness (QED) is 0.712. The topological polar surface area (TPSA) is 34.1 Å². The summed E-state index contributed by atoms with van der Waals surface area (Å²) < 4.78 is 5.76. The van der Waals surface area contributed by atoms with Gasteiger partial charge < -0.3 is 10.1 Å². The van der Waals surface area contributed by atoms with Crippen LogP contribution in [0.2, 0.25) is 0 Å². The van der Waals surface area contributed by atoms with Crippen LogP contribution in [0, 0.1) is 6.92 Å². The molecule has 0 bridgehead atoms. The summed E-state index contributed by atoms with van der Waals surface area (Å²) in [6.07, 6.45) is 3.32. The highest BCUT2D eigenvalue weighted by Gasteiger charge is 2.02. The SMILES string of the molecule is CCCCNCc1csc(CCOc2cccc(C)c2)n1. The summed E-state index contributed by atoms with van der Waals surface area (Å²) in [5.74, 6) is 0.938. The number of ether oxygens (including phenoxy) is 1. The molecule has 0 saturated heterocycles. The lowest BCUT2D eigenvalue weighted by atomic mass is 10.2. The maximum Gasteiger partial charge on any atom is 0.119 e. The number of unbranched alkanes of at least 4 members (excludes halogenated alkanes) is 1. The van der Waals surface area contributed by atoms with Crippen molar-refractivity contribution in [3.05, 3.63) is 45.9 Å². The Kier molecular flexibility index (Phi) is 6.70. The van der Waals surface area contributed by atoms with Crippen molar-refractivity contribution in [1.29, 1.82) is 0 Å². The third kappa shape index (κ3) is 5.86. The monoisotopic (exact) mass is 304 g/mol. The van der Waals surface area contributed by atoms with Crippen LogP contribution in [0.15, 0.2) is 29.6 Å². The molecule has 0 amide bonds. The zero-order valence-corrected chi connectivity index (χ0v) is 13.7. The standard InChI is InChI=1S/C17H24N2OS/c1-3-4-9-18-12-15-13-21-17(19-15)8-10-20-16-7-5-6-14(2)11-16/h5-7,11,13,18H,3-4,8-10,12H2,1-2H3. The molecule has 1 aromatic carbocycles. The first-order valence-electron chi connectivity index (χ1n) is 7.61. The second-order valence-electron chi connectivity index (χ2n) is 5.18. The van der Waals surface area contributed by atoms with E-state index in [1.165, 1.54) is 18.4 Å². The molecule has 1 heterocycles. The zero-order valence-electron chi connectivity index (χ0n) is 12.9.